The largest absolute Gasteiger partial charge is 0.383 e. The molecule has 0 amide bonds. The zero-order chi connectivity index (χ0) is 13.5. The second-order valence-corrected chi connectivity index (χ2v) is 5.84. The minimum Gasteiger partial charge on any atom is -0.383 e. The van der Waals surface area contributed by atoms with Gasteiger partial charge in [0.15, 0.2) is 0 Å². The number of piperazine rings is 1. The molecular formula is C15H32N2O. The average molecular weight is 256 g/mol. The van der Waals surface area contributed by atoms with Crippen molar-refractivity contribution in [2.24, 2.45) is 5.92 Å². The van der Waals surface area contributed by atoms with Gasteiger partial charge in [-0.1, -0.05) is 33.6 Å². The van der Waals surface area contributed by atoms with Crippen molar-refractivity contribution in [3.05, 3.63) is 0 Å². The Hall–Kier alpha value is -0.120. The van der Waals surface area contributed by atoms with E-state index in [0.717, 1.165) is 19.1 Å². The molecule has 4 unspecified atom stereocenters. The van der Waals surface area contributed by atoms with Crippen molar-refractivity contribution in [1.82, 2.24) is 10.2 Å². The first kappa shape index (κ1) is 15.9. The van der Waals surface area contributed by atoms with E-state index < -0.39 is 0 Å². The molecule has 4 atom stereocenters. The second-order valence-electron chi connectivity index (χ2n) is 5.84. The minimum atomic E-state index is 0.587. The Labute approximate surface area is 113 Å². The van der Waals surface area contributed by atoms with Gasteiger partial charge in [0.05, 0.1) is 6.61 Å². The zero-order valence-corrected chi connectivity index (χ0v) is 12.9. The van der Waals surface area contributed by atoms with Crippen molar-refractivity contribution < 1.29 is 4.74 Å². The van der Waals surface area contributed by atoms with Crippen molar-refractivity contribution >= 4 is 0 Å². The summed E-state index contributed by atoms with van der Waals surface area (Å²) in [5.74, 6) is 0.754. The molecule has 1 fully saturated rings. The molecule has 0 aromatic heterocycles. The van der Waals surface area contributed by atoms with Crippen molar-refractivity contribution in [2.75, 3.05) is 26.8 Å². The van der Waals surface area contributed by atoms with E-state index in [-0.39, 0.29) is 0 Å². The van der Waals surface area contributed by atoms with Crippen LogP contribution in [0, 0.1) is 5.92 Å². The Morgan fingerprint density at radius 1 is 1.39 bits per heavy atom. The number of nitrogens with one attached hydrogen (secondary N) is 1. The van der Waals surface area contributed by atoms with Crippen LogP contribution < -0.4 is 5.32 Å². The third kappa shape index (κ3) is 4.22. The summed E-state index contributed by atoms with van der Waals surface area (Å²) in [6, 6.07) is 1.85. The van der Waals surface area contributed by atoms with Gasteiger partial charge in [-0.2, -0.15) is 0 Å². The molecule has 1 rings (SSSR count). The predicted octanol–water partition coefficient (Wildman–Crippen LogP) is 2.51. The molecule has 1 heterocycles. The van der Waals surface area contributed by atoms with Gasteiger partial charge in [0.25, 0.3) is 0 Å². The molecule has 3 heteroatoms. The summed E-state index contributed by atoms with van der Waals surface area (Å²) in [4.78, 5) is 2.67. The molecule has 0 aromatic rings. The van der Waals surface area contributed by atoms with Crippen LogP contribution in [-0.2, 0) is 4.74 Å². The molecular weight excluding hydrogens is 224 g/mol. The van der Waals surface area contributed by atoms with Gasteiger partial charge >= 0.3 is 0 Å². The first-order valence-corrected chi connectivity index (χ1v) is 7.62. The van der Waals surface area contributed by atoms with Gasteiger partial charge in [-0.05, 0) is 19.3 Å². The molecule has 0 spiro atoms. The van der Waals surface area contributed by atoms with Crippen LogP contribution in [0.25, 0.3) is 0 Å². The summed E-state index contributed by atoms with van der Waals surface area (Å²) < 4.78 is 5.42. The molecule has 0 radical (unpaired) electrons. The van der Waals surface area contributed by atoms with Gasteiger partial charge in [-0.25, -0.2) is 0 Å². The maximum absolute atomic E-state index is 5.42. The number of hydrogen-bond acceptors (Lipinski definition) is 3. The molecule has 1 saturated heterocycles. The van der Waals surface area contributed by atoms with Gasteiger partial charge in [-0.15, -0.1) is 0 Å². The number of nitrogens with zero attached hydrogens (tertiary/aromatic N) is 1. The molecule has 3 nitrogen and oxygen atoms in total. The fraction of sp³-hybridized carbons (Fsp3) is 1.00. The van der Waals surface area contributed by atoms with E-state index in [1.54, 1.807) is 0 Å². The van der Waals surface area contributed by atoms with E-state index in [0.29, 0.717) is 18.1 Å². The highest BCUT2D eigenvalue weighted by molar-refractivity contribution is 4.89. The number of ether oxygens (including phenoxy) is 1. The zero-order valence-electron chi connectivity index (χ0n) is 12.9. The molecule has 18 heavy (non-hydrogen) atoms. The van der Waals surface area contributed by atoms with Crippen LogP contribution in [-0.4, -0.2) is 49.8 Å². The minimum absolute atomic E-state index is 0.587. The van der Waals surface area contributed by atoms with Crippen molar-refractivity contribution in [3.63, 3.8) is 0 Å². The average Bonchev–Trinajstić information content (AvgIpc) is 2.38. The SMILES string of the molecule is CCCC(COC)N1CC(C(C)CC)NCC1C. The van der Waals surface area contributed by atoms with E-state index in [9.17, 15) is 0 Å². The van der Waals surface area contributed by atoms with Gasteiger partial charge in [-0.3, -0.25) is 4.90 Å². The van der Waals surface area contributed by atoms with E-state index in [4.69, 9.17) is 4.74 Å². The summed E-state index contributed by atoms with van der Waals surface area (Å²) in [5.41, 5.74) is 0. The topological polar surface area (TPSA) is 24.5 Å². The van der Waals surface area contributed by atoms with E-state index >= 15 is 0 Å². The van der Waals surface area contributed by atoms with Crippen LogP contribution in [0.3, 0.4) is 0 Å². The van der Waals surface area contributed by atoms with Crippen molar-refractivity contribution in [3.8, 4) is 0 Å². The van der Waals surface area contributed by atoms with Gasteiger partial charge in [0.1, 0.15) is 0 Å². The number of methoxy groups -OCH3 is 1. The Morgan fingerprint density at radius 2 is 2.11 bits per heavy atom. The van der Waals surface area contributed by atoms with Crippen molar-refractivity contribution in [2.45, 2.75) is 65.1 Å². The first-order chi connectivity index (χ1) is 8.63. The lowest BCUT2D eigenvalue weighted by Gasteiger charge is -2.44. The molecule has 0 bridgehead atoms. The maximum Gasteiger partial charge on any atom is 0.0618 e. The quantitative estimate of drug-likeness (QED) is 0.757. The standard InChI is InChI=1S/C15H32N2O/c1-6-8-14(11-18-5)17-10-15(12(3)7-2)16-9-13(17)4/h12-16H,6-11H2,1-5H3. The molecule has 1 aliphatic rings. The predicted molar refractivity (Wildman–Crippen MR) is 78.0 cm³/mol. The maximum atomic E-state index is 5.42. The third-order valence-electron chi connectivity index (χ3n) is 4.43. The fourth-order valence-electron chi connectivity index (χ4n) is 2.96. The van der Waals surface area contributed by atoms with Crippen LogP contribution in [0.4, 0.5) is 0 Å². The van der Waals surface area contributed by atoms with Crippen LogP contribution >= 0.6 is 0 Å². The lowest BCUT2D eigenvalue weighted by atomic mass is 9.94. The van der Waals surface area contributed by atoms with Gasteiger partial charge < -0.3 is 10.1 Å². The Kier molecular flexibility index (Phi) is 7.20. The van der Waals surface area contributed by atoms with Crippen LogP contribution in [0.15, 0.2) is 0 Å². The van der Waals surface area contributed by atoms with E-state index in [1.807, 2.05) is 7.11 Å². The van der Waals surface area contributed by atoms with E-state index in [1.165, 1.54) is 25.8 Å². The number of rotatable bonds is 7. The summed E-state index contributed by atoms with van der Waals surface area (Å²) in [6.07, 6.45) is 3.73. The third-order valence-corrected chi connectivity index (χ3v) is 4.43. The van der Waals surface area contributed by atoms with Crippen LogP contribution in [0.2, 0.25) is 0 Å². The molecule has 1 aliphatic heterocycles. The number of hydrogen-bond donors (Lipinski definition) is 1. The Bertz CT molecular complexity index is 217. The smallest absolute Gasteiger partial charge is 0.0618 e. The van der Waals surface area contributed by atoms with Gasteiger partial charge in [0.2, 0.25) is 0 Å². The van der Waals surface area contributed by atoms with Crippen LogP contribution in [0.5, 0.6) is 0 Å². The summed E-state index contributed by atoms with van der Waals surface area (Å²) in [7, 11) is 1.82. The highest BCUT2D eigenvalue weighted by atomic mass is 16.5. The summed E-state index contributed by atoms with van der Waals surface area (Å²) in [6.45, 7) is 12.4. The van der Waals surface area contributed by atoms with Crippen LogP contribution in [0.1, 0.15) is 47.0 Å². The second kappa shape index (κ2) is 8.13. The normalized spacial score (nSPS) is 29.2. The van der Waals surface area contributed by atoms with E-state index in [2.05, 4.69) is 37.9 Å². The lowest BCUT2D eigenvalue weighted by Crippen LogP contribution is -2.60. The Morgan fingerprint density at radius 3 is 2.67 bits per heavy atom. The molecule has 0 aromatic carbocycles. The highest BCUT2D eigenvalue weighted by Crippen LogP contribution is 2.20. The molecule has 0 saturated carbocycles. The van der Waals surface area contributed by atoms with Crippen molar-refractivity contribution in [1.29, 1.82) is 0 Å². The highest BCUT2D eigenvalue weighted by Gasteiger charge is 2.31. The summed E-state index contributed by atoms with van der Waals surface area (Å²) in [5, 5.41) is 3.71. The lowest BCUT2D eigenvalue weighted by molar-refractivity contribution is 0.0267. The molecule has 108 valence electrons. The monoisotopic (exact) mass is 256 g/mol. The summed E-state index contributed by atoms with van der Waals surface area (Å²) >= 11 is 0. The molecule has 1 N–H and O–H groups in total. The Balaban J connectivity index is 2.63. The fourth-order valence-corrected chi connectivity index (χ4v) is 2.96. The molecule has 0 aliphatic carbocycles. The van der Waals surface area contributed by atoms with Gasteiger partial charge in [0, 0.05) is 38.3 Å². The first-order valence-electron chi connectivity index (χ1n) is 7.62.